The molecule has 2 rings (SSSR count). The summed E-state index contributed by atoms with van der Waals surface area (Å²) in [6.07, 6.45) is -4.60. The van der Waals surface area contributed by atoms with E-state index in [1.807, 2.05) is 6.07 Å². The van der Waals surface area contributed by atoms with Crippen molar-refractivity contribution < 1.29 is 18.0 Å². The molecule has 1 N–H and O–H groups in total. The van der Waals surface area contributed by atoms with Gasteiger partial charge in [-0.2, -0.15) is 18.4 Å². The summed E-state index contributed by atoms with van der Waals surface area (Å²) in [6.45, 7) is 0. The standard InChI is InChI=1S/C13H10F3N5OS/c1-21-11(13(14,15)16)19-20-12(21)23-7-10(22)18-9-5-3-2-4-8(9)6-17/h2-5H,7H2,1H3,(H,18,22). The molecule has 120 valence electrons. The number of thioether (sulfide) groups is 1. The highest BCUT2D eigenvalue weighted by Gasteiger charge is 2.37. The van der Waals surface area contributed by atoms with Gasteiger partial charge in [-0.3, -0.25) is 4.79 Å². The van der Waals surface area contributed by atoms with Crippen molar-refractivity contribution in [1.82, 2.24) is 14.8 Å². The van der Waals surface area contributed by atoms with E-state index in [-0.39, 0.29) is 10.9 Å². The van der Waals surface area contributed by atoms with Crippen LogP contribution in [-0.2, 0) is 18.0 Å². The third kappa shape index (κ3) is 4.01. The van der Waals surface area contributed by atoms with Crippen LogP contribution in [0.1, 0.15) is 11.4 Å². The molecule has 10 heteroatoms. The summed E-state index contributed by atoms with van der Waals surface area (Å²) in [7, 11) is 1.17. The molecule has 1 aromatic carbocycles. The number of nitriles is 1. The van der Waals surface area contributed by atoms with E-state index in [1.165, 1.54) is 7.05 Å². The second-order valence-corrected chi connectivity index (χ2v) is 5.30. The third-order valence-electron chi connectivity index (χ3n) is 2.74. The van der Waals surface area contributed by atoms with Crippen LogP contribution in [0.4, 0.5) is 18.9 Å². The summed E-state index contributed by atoms with van der Waals surface area (Å²) in [6, 6.07) is 8.34. The van der Waals surface area contributed by atoms with E-state index in [0.29, 0.717) is 11.3 Å². The van der Waals surface area contributed by atoms with Gasteiger partial charge in [-0.15, -0.1) is 10.2 Å². The van der Waals surface area contributed by atoms with Gasteiger partial charge in [0.1, 0.15) is 6.07 Å². The Morgan fingerprint density at radius 1 is 1.39 bits per heavy atom. The number of rotatable bonds is 4. The highest BCUT2D eigenvalue weighted by atomic mass is 32.2. The molecule has 0 fully saturated rings. The van der Waals surface area contributed by atoms with E-state index in [1.54, 1.807) is 24.3 Å². The Balaban J connectivity index is 2.01. The topological polar surface area (TPSA) is 83.6 Å². The van der Waals surface area contributed by atoms with E-state index >= 15 is 0 Å². The Hall–Kier alpha value is -2.54. The zero-order valence-corrected chi connectivity index (χ0v) is 12.6. The molecule has 0 spiro atoms. The van der Waals surface area contributed by atoms with E-state index in [0.717, 1.165) is 16.3 Å². The predicted octanol–water partition coefficient (Wildman–Crippen LogP) is 2.44. The third-order valence-corrected chi connectivity index (χ3v) is 3.76. The Morgan fingerprint density at radius 3 is 2.70 bits per heavy atom. The smallest absolute Gasteiger partial charge is 0.324 e. The van der Waals surface area contributed by atoms with Gasteiger partial charge in [-0.05, 0) is 12.1 Å². The molecular weight excluding hydrogens is 331 g/mol. The predicted molar refractivity (Wildman–Crippen MR) is 76.5 cm³/mol. The van der Waals surface area contributed by atoms with Crippen LogP contribution in [0.3, 0.4) is 0 Å². The minimum Gasteiger partial charge on any atom is -0.324 e. The van der Waals surface area contributed by atoms with E-state index < -0.39 is 17.9 Å². The van der Waals surface area contributed by atoms with Gasteiger partial charge in [-0.1, -0.05) is 23.9 Å². The maximum atomic E-state index is 12.6. The van der Waals surface area contributed by atoms with Crippen molar-refractivity contribution in [2.45, 2.75) is 11.3 Å². The highest BCUT2D eigenvalue weighted by molar-refractivity contribution is 7.99. The van der Waals surface area contributed by atoms with E-state index in [9.17, 15) is 18.0 Å². The monoisotopic (exact) mass is 341 g/mol. The number of benzene rings is 1. The second kappa shape index (κ2) is 6.70. The molecule has 0 aliphatic rings. The van der Waals surface area contributed by atoms with Gasteiger partial charge in [0.2, 0.25) is 11.7 Å². The van der Waals surface area contributed by atoms with Crippen LogP contribution in [0.2, 0.25) is 0 Å². The van der Waals surface area contributed by atoms with Gasteiger partial charge in [0.05, 0.1) is 17.0 Å². The number of carbonyl (C=O) groups excluding carboxylic acids is 1. The van der Waals surface area contributed by atoms with Crippen molar-refractivity contribution in [3.8, 4) is 6.07 Å². The number of halogens is 3. The summed E-state index contributed by atoms with van der Waals surface area (Å²) in [5.74, 6) is -1.76. The molecule has 0 atom stereocenters. The molecule has 0 bridgehead atoms. The lowest BCUT2D eigenvalue weighted by atomic mass is 10.2. The van der Waals surface area contributed by atoms with Crippen LogP contribution < -0.4 is 5.32 Å². The van der Waals surface area contributed by atoms with Crippen LogP contribution in [0.5, 0.6) is 0 Å². The number of nitrogens with one attached hydrogen (secondary N) is 1. The van der Waals surface area contributed by atoms with Crippen LogP contribution in [0, 0.1) is 11.3 Å². The van der Waals surface area contributed by atoms with Gasteiger partial charge in [0.25, 0.3) is 0 Å². The molecule has 6 nitrogen and oxygen atoms in total. The van der Waals surface area contributed by atoms with Crippen molar-refractivity contribution >= 4 is 23.4 Å². The Bertz CT molecular complexity index is 766. The highest BCUT2D eigenvalue weighted by Crippen LogP contribution is 2.29. The van der Waals surface area contributed by atoms with Crippen molar-refractivity contribution in [1.29, 1.82) is 5.26 Å². The van der Waals surface area contributed by atoms with Crippen molar-refractivity contribution in [2.24, 2.45) is 7.05 Å². The molecule has 1 heterocycles. The molecule has 2 aromatic rings. The lowest BCUT2D eigenvalue weighted by Crippen LogP contribution is -2.16. The van der Waals surface area contributed by atoms with Crippen molar-refractivity contribution in [3.05, 3.63) is 35.7 Å². The first-order valence-electron chi connectivity index (χ1n) is 6.21. The maximum Gasteiger partial charge on any atom is 0.451 e. The number of aromatic nitrogens is 3. The number of hydrogen-bond donors (Lipinski definition) is 1. The van der Waals surface area contributed by atoms with Gasteiger partial charge < -0.3 is 9.88 Å². The SMILES string of the molecule is Cn1c(SCC(=O)Nc2ccccc2C#N)nnc1C(F)(F)F. The summed E-state index contributed by atoms with van der Waals surface area (Å²) in [5.41, 5.74) is 0.637. The number of carbonyl (C=O) groups is 1. The average molecular weight is 341 g/mol. The van der Waals surface area contributed by atoms with Gasteiger partial charge in [0, 0.05) is 7.05 Å². The molecule has 1 aromatic heterocycles. The number of anilines is 1. The first-order valence-corrected chi connectivity index (χ1v) is 7.20. The zero-order chi connectivity index (χ0) is 17.0. The van der Waals surface area contributed by atoms with Gasteiger partial charge in [0.15, 0.2) is 5.16 Å². The fourth-order valence-corrected chi connectivity index (χ4v) is 2.40. The van der Waals surface area contributed by atoms with E-state index in [4.69, 9.17) is 5.26 Å². The number of alkyl halides is 3. The Labute approximate surface area is 133 Å². The number of para-hydroxylation sites is 1. The summed E-state index contributed by atoms with van der Waals surface area (Å²) in [4.78, 5) is 11.8. The lowest BCUT2D eigenvalue weighted by molar-refractivity contribution is -0.147. The van der Waals surface area contributed by atoms with Gasteiger partial charge in [-0.25, -0.2) is 0 Å². The Kier molecular flexibility index (Phi) is 4.90. The lowest BCUT2D eigenvalue weighted by Gasteiger charge is -2.07. The van der Waals surface area contributed by atoms with Crippen LogP contribution >= 0.6 is 11.8 Å². The fourth-order valence-electron chi connectivity index (χ4n) is 1.69. The summed E-state index contributed by atoms with van der Waals surface area (Å²) >= 11 is 0.819. The number of nitrogens with zero attached hydrogens (tertiary/aromatic N) is 4. The second-order valence-electron chi connectivity index (χ2n) is 4.36. The average Bonchev–Trinajstić information content (AvgIpc) is 2.87. The minimum absolute atomic E-state index is 0.0268. The first-order chi connectivity index (χ1) is 10.8. The summed E-state index contributed by atoms with van der Waals surface area (Å²) in [5, 5.41) is 17.9. The van der Waals surface area contributed by atoms with Crippen LogP contribution in [-0.4, -0.2) is 26.4 Å². The maximum absolute atomic E-state index is 12.6. The first kappa shape index (κ1) is 16.8. The van der Waals surface area contributed by atoms with E-state index in [2.05, 4.69) is 15.5 Å². The summed E-state index contributed by atoms with van der Waals surface area (Å²) < 4.78 is 38.5. The molecule has 0 unspecified atom stereocenters. The number of amides is 1. The van der Waals surface area contributed by atoms with Crippen LogP contribution in [0.15, 0.2) is 29.4 Å². The van der Waals surface area contributed by atoms with Crippen LogP contribution in [0.25, 0.3) is 0 Å². The molecular formula is C13H10F3N5OS. The molecule has 23 heavy (non-hydrogen) atoms. The fraction of sp³-hybridized carbons (Fsp3) is 0.231. The zero-order valence-electron chi connectivity index (χ0n) is 11.8. The van der Waals surface area contributed by atoms with Crippen molar-refractivity contribution in [3.63, 3.8) is 0 Å². The molecule has 0 radical (unpaired) electrons. The van der Waals surface area contributed by atoms with Crippen molar-refractivity contribution in [2.75, 3.05) is 11.1 Å². The minimum atomic E-state index is -4.60. The molecule has 0 saturated carbocycles. The normalized spacial score (nSPS) is 11.1. The number of hydrogen-bond acceptors (Lipinski definition) is 5. The van der Waals surface area contributed by atoms with Gasteiger partial charge >= 0.3 is 6.18 Å². The molecule has 0 aliphatic heterocycles. The molecule has 0 saturated heterocycles. The molecule has 1 amide bonds. The Morgan fingerprint density at radius 2 is 2.09 bits per heavy atom. The largest absolute Gasteiger partial charge is 0.451 e. The molecule has 0 aliphatic carbocycles. The quantitative estimate of drug-likeness (QED) is 0.864.